The zero-order valence-electron chi connectivity index (χ0n) is 9.26. The van der Waals surface area contributed by atoms with Gasteiger partial charge < -0.3 is 5.11 Å². The smallest absolute Gasteiger partial charge is 0.403 e. The van der Waals surface area contributed by atoms with Crippen LogP contribution >= 0.6 is 11.8 Å². The molecule has 0 fully saturated rings. The molecule has 0 amide bonds. The van der Waals surface area contributed by atoms with Gasteiger partial charge in [0.1, 0.15) is 0 Å². The maximum absolute atomic E-state index is 12.4. The third-order valence-corrected chi connectivity index (χ3v) is 3.26. The molecule has 1 rings (SSSR count). The topological polar surface area (TPSA) is 80.4 Å². The predicted octanol–water partition coefficient (Wildman–Crippen LogP) is 2.95. The van der Waals surface area contributed by atoms with Crippen molar-refractivity contribution in [2.24, 2.45) is 5.92 Å². The van der Waals surface area contributed by atoms with Gasteiger partial charge in [0.15, 0.2) is 5.92 Å². The van der Waals surface area contributed by atoms with Crippen LogP contribution in [0.25, 0.3) is 0 Å². The Labute approximate surface area is 109 Å². The molecule has 104 valence electrons. The number of nitrogens with zero attached hydrogens (tertiary/aromatic N) is 1. The second-order valence-corrected chi connectivity index (χ2v) is 4.59. The fourth-order valence-corrected chi connectivity index (χ4v) is 2.17. The highest BCUT2D eigenvalue weighted by Crippen LogP contribution is 2.32. The summed E-state index contributed by atoms with van der Waals surface area (Å²) in [5, 5.41) is 18.9. The maximum Gasteiger partial charge on any atom is 0.403 e. The molecule has 1 N–H and O–H groups in total. The highest BCUT2D eigenvalue weighted by molar-refractivity contribution is 7.99. The molecule has 0 aliphatic rings. The van der Waals surface area contributed by atoms with Crippen molar-refractivity contribution in [2.75, 3.05) is 5.75 Å². The van der Waals surface area contributed by atoms with Gasteiger partial charge in [-0.2, -0.15) is 13.2 Å². The van der Waals surface area contributed by atoms with E-state index in [2.05, 4.69) is 0 Å². The molecular weight excluding hydrogens is 287 g/mol. The van der Waals surface area contributed by atoms with Crippen molar-refractivity contribution in [1.82, 2.24) is 0 Å². The number of nitro groups is 1. The molecule has 1 atom stereocenters. The van der Waals surface area contributed by atoms with Crippen LogP contribution in [0.4, 0.5) is 18.9 Å². The van der Waals surface area contributed by atoms with E-state index in [9.17, 15) is 28.1 Å². The lowest BCUT2D eigenvalue weighted by molar-refractivity contribution is -0.384. The molecule has 1 aromatic rings. The van der Waals surface area contributed by atoms with E-state index >= 15 is 0 Å². The van der Waals surface area contributed by atoms with Crippen LogP contribution in [0.3, 0.4) is 0 Å². The summed E-state index contributed by atoms with van der Waals surface area (Å²) in [6.07, 6.45) is -4.82. The van der Waals surface area contributed by atoms with Crippen LogP contribution in [-0.4, -0.2) is 27.9 Å². The van der Waals surface area contributed by atoms with E-state index in [1.807, 2.05) is 0 Å². The van der Waals surface area contributed by atoms with Crippen LogP contribution < -0.4 is 0 Å². The van der Waals surface area contributed by atoms with E-state index in [1.54, 1.807) is 0 Å². The highest BCUT2D eigenvalue weighted by atomic mass is 32.2. The largest absolute Gasteiger partial charge is 0.481 e. The lowest BCUT2D eigenvalue weighted by Gasteiger charge is -2.15. The van der Waals surface area contributed by atoms with Gasteiger partial charge in [-0.3, -0.25) is 14.9 Å². The minimum absolute atomic E-state index is 0.185. The first kappa shape index (κ1) is 15.3. The molecule has 0 aliphatic heterocycles. The summed E-state index contributed by atoms with van der Waals surface area (Å²) in [5.41, 5.74) is -0.185. The van der Waals surface area contributed by atoms with Crippen molar-refractivity contribution in [1.29, 1.82) is 0 Å². The van der Waals surface area contributed by atoms with E-state index in [0.29, 0.717) is 16.7 Å². The first-order valence-corrected chi connectivity index (χ1v) is 5.87. The number of carboxylic acids is 1. The summed E-state index contributed by atoms with van der Waals surface area (Å²) in [7, 11) is 0. The number of halogens is 3. The van der Waals surface area contributed by atoms with Crippen molar-refractivity contribution in [3.63, 3.8) is 0 Å². The zero-order valence-corrected chi connectivity index (χ0v) is 10.1. The van der Waals surface area contributed by atoms with Crippen molar-refractivity contribution in [2.45, 2.75) is 11.1 Å². The van der Waals surface area contributed by atoms with Crippen molar-refractivity contribution < 1.29 is 28.0 Å². The van der Waals surface area contributed by atoms with Crippen molar-refractivity contribution in [3.05, 3.63) is 34.4 Å². The average Bonchev–Trinajstić information content (AvgIpc) is 2.27. The summed E-state index contributed by atoms with van der Waals surface area (Å²) >= 11 is 0.681. The molecule has 0 aromatic heterocycles. The molecule has 0 saturated carbocycles. The summed E-state index contributed by atoms with van der Waals surface area (Å²) in [5.74, 6) is -5.09. The van der Waals surface area contributed by atoms with Crippen LogP contribution in [0.1, 0.15) is 0 Å². The number of hydrogen-bond acceptors (Lipinski definition) is 4. The standard InChI is InChI=1S/C10H8F3NO4S/c11-10(12,13)8(9(15)16)5-19-7-3-1-6(2-4-7)14(17)18/h1-4,8H,5H2,(H,15,16). The SMILES string of the molecule is O=C(O)C(CSc1ccc([N+](=O)[O-])cc1)C(F)(F)F. The molecule has 5 nitrogen and oxygen atoms in total. The number of nitro benzene ring substituents is 1. The molecule has 19 heavy (non-hydrogen) atoms. The molecule has 0 bridgehead atoms. The van der Waals surface area contributed by atoms with Gasteiger partial charge in [0.25, 0.3) is 5.69 Å². The lowest BCUT2D eigenvalue weighted by atomic mass is 10.2. The monoisotopic (exact) mass is 295 g/mol. The molecule has 1 aromatic carbocycles. The van der Waals surface area contributed by atoms with E-state index in [-0.39, 0.29) is 5.69 Å². The first-order chi connectivity index (χ1) is 8.71. The van der Waals surface area contributed by atoms with E-state index < -0.39 is 28.7 Å². The first-order valence-electron chi connectivity index (χ1n) is 4.88. The number of benzene rings is 1. The fourth-order valence-electron chi connectivity index (χ4n) is 1.15. The summed E-state index contributed by atoms with van der Waals surface area (Å²) in [6, 6.07) is 4.84. The van der Waals surface area contributed by atoms with Gasteiger partial charge in [-0.1, -0.05) is 0 Å². The fraction of sp³-hybridized carbons (Fsp3) is 0.300. The Kier molecular flexibility index (Phi) is 4.76. The molecule has 0 radical (unpaired) electrons. The average molecular weight is 295 g/mol. The Balaban J connectivity index is 2.70. The Bertz CT molecular complexity index is 475. The van der Waals surface area contributed by atoms with Gasteiger partial charge in [-0.25, -0.2) is 0 Å². The lowest BCUT2D eigenvalue weighted by Crippen LogP contribution is -2.32. The molecule has 0 saturated heterocycles. The number of rotatable bonds is 5. The van der Waals surface area contributed by atoms with Crippen LogP contribution in [0, 0.1) is 16.0 Å². The maximum atomic E-state index is 12.4. The highest BCUT2D eigenvalue weighted by Gasteiger charge is 2.44. The third kappa shape index (κ3) is 4.43. The third-order valence-electron chi connectivity index (χ3n) is 2.16. The number of carbonyl (C=O) groups is 1. The number of carboxylic acid groups (broad SMARTS) is 1. The molecule has 0 aliphatic carbocycles. The number of non-ortho nitro benzene ring substituents is 1. The van der Waals surface area contributed by atoms with Crippen LogP contribution in [-0.2, 0) is 4.79 Å². The summed E-state index contributed by atoms with van der Waals surface area (Å²) < 4.78 is 37.1. The van der Waals surface area contributed by atoms with Gasteiger partial charge in [0.2, 0.25) is 0 Å². The van der Waals surface area contributed by atoms with Gasteiger partial charge in [-0.15, -0.1) is 11.8 Å². The predicted molar refractivity (Wildman–Crippen MR) is 61.0 cm³/mol. The Hall–Kier alpha value is -1.77. The number of thioether (sulfide) groups is 1. The van der Waals surface area contributed by atoms with Gasteiger partial charge >= 0.3 is 12.1 Å². The molecule has 9 heteroatoms. The zero-order chi connectivity index (χ0) is 14.6. The Morgan fingerprint density at radius 1 is 1.37 bits per heavy atom. The van der Waals surface area contributed by atoms with E-state index in [4.69, 9.17) is 5.11 Å². The Morgan fingerprint density at radius 3 is 2.26 bits per heavy atom. The van der Waals surface area contributed by atoms with E-state index in [1.165, 1.54) is 12.1 Å². The minimum Gasteiger partial charge on any atom is -0.481 e. The van der Waals surface area contributed by atoms with Crippen LogP contribution in [0.15, 0.2) is 29.2 Å². The number of hydrogen-bond donors (Lipinski definition) is 1. The molecule has 0 spiro atoms. The summed E-state index contributed by atoms with van der Waals surface area (Å²) in [4.78, 5) is 20.6. The van der Waals surface area contributed by atoms with Crippen molar-refractivity contribution in [3.8, 4) is 0 Å². The Morgan fingerprint density at radius 2 is 1.89 bits per heavy atom. The van der Waals surface area contributed by atoms with Crippen LogP contribution in [0.2, 0.25) is 0 Å². The normalized spacial score (nSPS) is 13.0. The van der Waals surface area contributed by atoms with Crippen LogP contribution in [0.5, 0.6) is 0 Å². The van der Waals surface area contributed by atoms with Gasteiger partial charge in [0.05, 0.1) is 4.92 Å². The molecular formula is C10H8F3NO4S. The second-order valence-electron chi connectivity index (χ2n) is 3.49. The van der Waals surface area contributed by atoms with Gasteiger partial charge in [-0.05, 0) is 12.1 Å². The molecule has 0 heterocycles. The minimum atomic E-state index is -4.82. The molecule has 1 unspecified atom stereocenters. The second kappa shape index (κ2) is 5.91. The summed E-state index contributed by atoms with van der Waals surface area (Å²) in [6.45, 7) is 0. The van der Waals surface area contributed by atoms with Crippen molar-refractivity contribution >= 4 is 23.4 Å². The van der Waals surface area contributed by atoms with Gasteiger partial charge in [0, 0.05) is 22.8 Å². The quantitative estimate of drug-likeness (QED) is 0.513. The number of aliphatic carboxylic acids is 1. The number of alkyl halides is 3. The van der Waals surface area contributed by atoms with E-state index in [0.717, 1.165) is 12.1 Å².